The molecule has 0 saturated heterocycles. The zero-order chi connectivity index (χ0) is 18.9. The summed E-state index contributed by atoms with van der Waals surface area (Å²) in [4.78, 5) is 2.23. The second-order valence-electron chi connectivity index (χ2n) is 6.58. The first-order valence-corrected chi connectivity index (χ1v) is 8.81. The largest absolute Gasteiger partial charge is 0.399 e. The first kappa shape index (κ1) is 18.0. The number of nitriles is 3. The molecular weight excluding hydrogens is 346 g/mol. The predicted octanol–water partition coefficient (Wildman–Crippen LogP) is 3.09. The molecule has 2 atom stereocenters. The topological polar surface area (TPSA) is 101 Å². The van der Waals surface area contributed by atoms with E-state index in [0.29, 0.717) is 11.6 Å². The summed E-state index contributed by atoms with van der Waals surface area (Å²) in [6, 6.07) is 13.6. The lowest BCUT2D eigenvalue weighted by molar-refractivity contribution is 0.214. The van der Waals surface area contributed by atoms with Crippen molar-refractivity contribution in [3.63, 3.8) is 0 Å². The Morgan fingerprint density at radius 3 is 2.42 bits per heavy atom. The summed E-state index contributed by atoms with van der Waals surface area (Å²) in [5, 5.41) is 30.2. The number of hydrogen-bond donors (Lipinski definition) is 1. The number of halogens is 1. The fourth-order valence-corrected chi connectivity index (χ4v) is 4.17. The molecule has 2 N–H and O–H groups in total. The van der Waals surface area contributed by atoms with Crippen LogP contribution in [0, 0.1) is 45.3 Å². The molecule has 3 rings (SSSR count). The highest BCUT2D eigenvalue weighted by Gasteiger charge is 2.54. The Balaban J connectivity index is 2.30. The van der Waals surface area contributed by atoms with Gasteiger partial charge in [-0.15, -0.1) is 0 Å². The van der Waals surface area contributed by atoms with E-state index in [2.05, 4.69) is 30.0 Å². The van der Waals surface area contributed by atoms with Crippen LogP contribution in [-0.2, 0) is 0 Å². The molecule has 1 aromatic carbocycles. The normalized spacial score (nSPS) is 24.7. The summed E-state index contributed by atoms with van der Waals surface area (Å²) in [5.41, 5.74) is 6.67. The molecule has 0 radical (unpaired) electrons. The van der Waals surface area contributed by atoms with Crippen molar-refractivity contribution in [1.82, 2.24) is 4.90 Å². The third kappa shape index (κ3) is 2.56. The van der Waals surface area contributed by atoms with E-state index >= 15 is 0 Å². The van der Waals surface area contributed by atoms with Gasteiger partial charge in [0.15, 0.2) is 5.41 Å². The summed E-state index contributed by atoms with van der Waals surface area (Å²) in [5.74, 6) is -0.626. The molecule has 1 aliphatic carbocycles. The minimum atomic E-state index is -1.59. The lowest BCUT2D eigenvalue weighted by Crippen LogP contribution is -2.48. The molecule has 2 aliphatic rings. The Bertz CT molecular complexity index is 893. The van der Waals surface area contributed by atoms with E-state index in [4.69, 9.17) is 17.3 Å². The first-order valence-electron chi connectivity index (χ1n) is 8.43. The third-order valence-electron chi connectivity index (χ3n) is 5.42. The molecule has 1 aromatic rings. The van der Waals surface area contributed by atoms with E-state index in [1.54, 1.807) is 12.1 Å². The second-order valence-corrected chi connectivity index (χ2v) is 7.02. The van der Waals surface area contributed by atoms with E-state index in [1.807, 2.05) is 18.2 Å². The maximum Gasteiger partial charge on any atom is 0.191 e. The van der Waals surface area contributed by atoms with Gasteiger partial charge in [0.1, 0.15) is 6.07 Å². The Morgan fingerprint density at radius 1 is 1.23 bits per heavy atom. The molecule has 5 nitrogen and oxygen atoms in total. The number of nitrogens with two attached hydrogens (primary N) is 1. The van der Waals surface area contributed by atoms with Crippen LogP contribution < -0.4 is 5.73 Å². The van der Waals surface area contributed by atoms with Crippen molar-refractivity contribution in [2.24, 2.45) is 17.1 Å². The van der Waals surface area contributed by atoms with Crippen LogP contribution in [0.2, 0.25) is 5.02 Å². The van der Waals surface area contributed by atoms with Crippen LogP contribution in [0.25, 0.3) is 0 Å². The number of nitrogens with zero attached hydrogens (tertiary/aromatic N) is 4. The van der Waals surface area contributed by atoms with Gasteiger partial charge in [-0.3, -0.25) is 4.90 Å². The van der Waals surface area contributed by atoms with E-state index < -0.39 is 11.3 Å². The quantitative estimate of drug-likeness (QED) is 0.870. The number of rotatable bonds is 2. The van der Waals surface area contributed by atoms with E-state index in [0.717, 1.165) is 24.2 Å². The Labute approximate surface area is 158 Å². The van der Waals surface area contributed by atoms with Crippen LogP contribution in [0.4, 0.5) is 0 Å². The van der Waals surface area contributed by atoms with E-state index in [-0.39, 0.29) is 17.2 Å². The zero-order valence-corrected chi connectivity index (χ0v) is 15.2. The van der Waals surface area contributed by atoms with Crippen molar-refractivity contribution in [1.29, 1.82) is 15.8 Å². The molecule has 6 heteroatoms. The van der Waals surface area contributed by atoms with Crippen molar-refractivity contribution < 1.29 is 0 Å². The van der Waals surface area contributed by atoms with Gasteiger partial charge in [-0.25, -0.2) is 0 Å². The van der Waals surface area contributed by atoms with Crippen molar-refractivity contribution >= 4 is 11.6 Å². The van der Waals surface area contributed by atoms with Crippen LogP contribution in [0.5, 0.6) is 0 Å². The van der Waals surface area contributed by atoms with Gasteiger partial charge in [0, 0.05) is 29.9 Å². The fraction of sp³-hybridized carbons (Fsp3) is 0.350. The molecule has 2 unspecified atom stereocenters. The standard InChI is InChI=1S/C20H18ClN5/c1-2-26-8-7-15-16(9-22)19(25)20(11-23,12-24)18(17(15)10-26)13-3-5-14(21)6-4-13/h3-7,17-18H,2,8,10,25H2,1H3. The number of benzene rings is 1. The summed E-state index contributed by atoms with van der Waals surface area (Å²) in [6.07, 6.45) is 2.00. The lowest BCUT2D eigenvalue weighted by atomic mass is 9.58. The van der Waals surface area contributed by atoms with Crippen molar-refractivity contribution in [2.45, 2.75) is 12.8 Å². The van der Waals surface area contributed by atoms with E-state index in [1.165, 1.54) is 0 Å². The number of fused-ring (bicyclic) bond motifs is 1. The smallest absolute Gasteiger partial charge is 0.191 e. The molecule has 0 spiro atoms. The van der Waals surface area contributed by atoms with Crippen LogP contribution in [-0.4, -0.2) is 24.5 Å². The molecule has 0 saturated carbocycles. The van der Waals surface area contributed by atoms with Gasteiger partial charge in [0.05, 0.1) is 23.4 Å². The highest BCUT2D eigenvalue weighted by molar-refractivity contribution is 6.30. The monoisotopic (exact) mass is 363 g/mol. The SMILES string of the molecule is CCN1CC=C2C(C#N)=C(N)C(C#N)(C#N)C(c3ccc(Cl)cc3)C2C1. The average molecular weight is 364 g/mol. The Hall–Kier alpha value is -2.78. The number of allylic oxidation sites excluding steroid dienone is 2. The number of hydrogen-bond acceptors (Lipinski definition) is 5. The average Bonchev–Trinajstić information content (AvgIpc) is 2.68. The van der Waals surface area contributed by atoms with Crippen LogP contribution in [0.15, 0.2) is 47.2 Å². The Morgan fingerprint density at radius 2 is 1.88 bits per heavy atom. The van der Waals surface area contributed by atoms with Gasteiger partial charge in [0.25, 0.3) is 0 Å². The van der Waals surface area contributed by atoms with Gasteiger partial charge in [-0.2, -0.15) is 15.8 Å². The molecule has 0 bridgehead atoms. The first-order chi connectivity index (χ1) is 12.5. The minimum absolute atomic E-state index is 0.0531. The highest BCUT2D eigenvalue weighted by Crippen LogP contribution is 2.54. The van der Waals surface area contributed by atoms with Gasteiger partial charge >= 0.3 is 0 Å². The Kier molecular flexibility index (Phi) is 4.75. The molecule has 130 valence electrons. The molecule has 0 fully saturated rings. The fourth-order valence-electron chi connectivity index (χ4n) is 4.04. The maximum absolute atomic E-state index is 9.97. The van der Waals surface area contributed by atoms with Crippen LogP contribution in [0.3, 0.4) is 0 Å². The van der Waals surface area contributed by atoms with Gasteiger partial charge in [0.2, 0.25) is 0 Å². The lowest BCUT2D eigenvalue weighted by Gasteiger charge is -2.45. The highest BCUT2D eigenvalue weighted by atomic mass is 35.5. The zero-order valence-electron chi connectivity index (χ0n) is 14.4. The van der Waals surface area contributed by atoms with Crippen molar-refractivity contribution in [3.05, 3.63) is 57.8 Å². The molecule has 26 heavy (non-hydrogen) atoms. The molecule has 0 aromatic heterocycles. The minimum Gasteiger partial charge on any atom is -0.399 e. The molecule has 1 heterocycles. The summed E-state index contributed by atoms with van der Waals surface area (Å²) in [6.45, 7) is 4.30. The van der Waals surface area contributed by atoms with Crippen LogP contribution >= 0.6 is 11.6 Å². The maximum atomic E-state index is 9.97. The summed E-state index contributed by atoms with van der Waals surface area (Å²) >= 11 is 6.02. The molecule has 0 amide bonds. The molecular formula is C20H18ClN5. The van der Waals surface area contributed by atoms with Gasteiger partial charge in [-0.1, -0.05) is 36.7 Å². The second kappa shape index (κ2) is 6.85. The van der Waals surface area contributed by atoms with Gasteiger partial charge in [-0.05, 0) is 29.8 Å². The van der Waals surface area contributed by atoms with Crippen molar-refractivity contribution in [2.75, 3.05) is 19.6 Å². The number of likely N-dealkylation sites (N-methyl/N-ethyl adjacent to an activating group) is 1. The van der Waals surface area contributed by atoms with Crippen molar-refractivity contribution in [3.8, 4) is 18.2 Å². The van der Waals surface area contributed by atoms with Crippen LogP contribution in [0.1, 0.15) is 18.4 Å². The summed E-state index contributed by atoms with van der Waals surface area (Å²) in [7, 11) is 0. The third-order valence-corrected chi connectivity index (χ3v) is 5.67. The predicted molar refractivity (Wildman–Crippen MR) is 98.4 cm³/mol. The summed E-state index contributed by atoms with van der Waals surface area (Å²) < 4.78 is 0. The van der Waals surface area contributed by atoms with E-state index in [9.17, 15) is 15.8 Å². The molecule has 1 aliphatic heterocycles. The van der Waals surface area contributed by atoms with Gasteiger partial charge < -0.3 is 5.73 Å².